The number of nitrogens with one attached hydrogen (secondary N) is 2. The Morgan fingerprint density at radius 3 is 3.00 bits per heavy atom. The van der Waals surface area contributed by atoms with Gasteiger partial charge in [0.1, 0.15) is 11.7 Å². The van der Waals surface area contributed by atoms with Crippen molar-refractivity contribution in [1.29, 1.82) is 0 Å². The maximum Gasteiger partial charge on any atom is 0.276 e. The van der Waals surface area contributed by atoms with Crippen LogP contribution >= 0.6 is 0 Å². The van der Waals surface area contributed by atoms with Gasteiger partial charge in [0.25, 0.3) is 5.56 Å². The number of nitrogens with zero attached hydrogens (tertiary/aromatic N) is 2. The smallest absolute Gasteiger partial charge is 0.276 e. The van der Waals surface area contributed by atoms with Crippen molar-refractivity contribution in [2.75, 3.05) is 24.6 Å². The maximum atomic E-state index is 11.6. The number of H-pyrrole nitrogens is 1. The molecule has 7 heteroatoms. The van der Waals surface area contributed by atoms with Crippen LogP contribution in [0.5, 0.6) is 0 Å². The van der Waals surface area contributed by atoms with Crippen LogP contribution in [0.3, 0.4) is 0 Å². The second-order valence-corrected chi connectivity index (χ2v) is 3.74. The Hall–Kier alpha value is -2.05. The van der Waals surface area contributed by atoms with E-state index in [1.807, 2.05) is 0 Å². The number of hydrogen-bond donors (Lipinski definition) is 3. The van der Waals surface area contributed by atoms with Crippen molar-refractivity contribution in [3.8, 4) is 0 Å². The van der Waals surface area contributed by atoms with Crippen LogP contribution in [0.4, 0.5) is 11.5 Å². The summed E-state index contributed by atoms with van der Waals surface area (Å²) >= 11 is 0. The fourth-order valence-electron chi connectivity index (χ4n) is 1.65. The van der Waals surface area contributed by atoms with Gasteiger partial charge in [-0.05, 0) is 6.42 Å². The zero-order valence-corrected chi connectivity index (χ0v) is 8.86. The minimum atomic E-state index is -0.406. The van der Waals surface area contributed by atoms with Crippen LogP contribution in [0.2, 0.25) is 0 Å². The van der Waals surface area contributed by atoms with E-state index in [0.717, 1.165) is 0 Å². The molecule has 1 aromatic heterocycles. The number of aromatic amines is 1. The SMILES string of the molecule is CN1CCC(Nc2nc[nH]c(=O)c2N)C1=O. The van der Waals surface area contributed by atoms with Crippen molar-refractivity contribution in [1.82, 2.24) is 14.9 Å². The molecule has 0 bridgehead atoms. The zero-order valence-electron chi connectivity index (χ0n) is 8.86. The first-order valence-corrected chi connectivity index (χ1v) is 4.94. The van der Waals surface area contributed by atoms with E-state index in [1.54, 1.807) is 11.9 Å². The molecule has 1 unspecified atom stereocenters. The van der Waals surface area contributed by atoms with Crippen LogP contribution in [0.15, 0.2) is 11.1 Å². The molecule has 0 aromatic carbocycles. The number of carbonyl (C=O) groups excluding carboxylic acids is 1. The quantitative estimate of drug-likeness (QED) is 0.596. The number of aromatic nitrogens is 2. The topological polar surface area (TPSA) is 104 Å². The van der Waals surface area contributed by atoms with Gasteiger partial charge in [-0.15, -0.1) is 0 Å². The van der Waals surface area contributed by atoms with Crippen LogP contribution in [0, 0.1) is 0 Å². The molecule has 2 rings (SSSR count). The molecule has 0 saturated carbocycles. The van der Waals surface area contributed by atoms with Crippen molar-refractivity contribution in [2.45, 2.75) is 12.5 Å². The second kappa shape index (κ2) is 3.84. The number of carbonyl (C=O) groups is 1. The van der Waals surface area contributed by atoms with Crippen molar-refractivity contribution in [3.05, 3.63) is 16.7 Å². The van der Waals surface area contributed by atoms with Gasteiger partial charge in [0.2, 0.25) is 5.91 Å². The number of rotatable bonds is 2. The molecule has 1 saturated heterocycles. The Bertz CT molecular complexity index is 469. The Morgan fingerprint density at radius 1 is 1.62 bits per heavy atom. The number of nitrogen functional groups attached to an aromatic ring is 1. The Balaban J connectivity index is 2.19. The van der Waals surface area contributed by atoms with Gasteiger partial charge in [-0.25, -0.2) is 4.98 Å². The van der Waals surface area contributed by atoms with Crippen molar-refractivity contribution in [2.24, 2.45) is 0 Å². The maximum absolute atomic E-state index is 11.6. The molecule has 0 spiro atoms. The summed E-state index contributed by atoms with van der Waals surface area (Å²) in [6, 6.07) is -0.346. The molecule has 86 valence electrons. The highest BCUT2D eigenvalue weighted by Gasteiger charge is 2.29. The van der Waals surface area contributed by atoms with Crippen molar-refractivity contribution in [3.63, 3.8) is 0 Å². The minimum Gasteiger partial charge on any atom is -0.391 e. The van der Waals surface area contributed by atoms with Gasteiger partial charge in [0.05, 0.1) is 6.33 Å². The Morgan fingerprint density at radius 2 is 2.38 bits per heavy atom. The summed E-state index contributed by atoms with van der Waals surface area (Å²) in [5, 5.41) is 2.88. The second-order valence-electron chi connectivity index (χ2n) is 3.74. The molecule has 1 fully saturated rings. The van der Waals surface area contributed by atoms with E-state index in [-0.39, 0.29) is 23.5 Å². The van der Waals surface area contributed by atoms with E-state index in [9.17, 15) is 9.59 Å². The van der Waals surface area contributed by atoms with E-state index >= 15 is 0 Å². The first-order valence-electron chi connectivity index (χ1n) is 4.94. The van der Waals surface area contributed by atoms with Gasteiger partial charge in [0.15, 0.2) is 5.82 Å². The van der Waals surface area contributed by atoms with E-state index < -0.39 is 5.56 Å². The Labute approximate surface area is 91.7 Å². The standard InChI is InChI=1S/C9H13N5O2/c1-14-3-2-5(9(14)16)13-7-6(10)8(15)12-4-11-7/h4-5H,2-3,10H2,1H3,(H2,11,12,13,15). The monoisotopic (exact) mass is 223 g/mol. The summed E-state index contributed by atoms with van der Waals surface area (Å²) in [6.45, 7) is 0.694. The lowest BCUT2D eigenvalue weighted by Crippen LogP contribution is -2.32. The third-order valence-corrected chi connectivity index (χ3v) is 2.63. The predicted molar refractivity (Wildman–Crippen MR) is 58.9 cm³/mol. The highest BCUT2D eigenvalue weighted by atomic mass is 16.2. The lowest BCUT2D eigenvalue weighted by Gasteiger charge is -2.13. The normalized spacial score (nSPS) is 20.2. The lowest BCUT2D eigenvalue weighted by molar-refractivity contribution is -0.127. The average molecular weight is 223 g/mol. The third kappa shape index (κ3) is 1.71. The summed E-state index contributed by atoms with van der Waals surface area (Å²) in [5.74, 6) is 0.249. The molecule has 0 radical (unpaired) electrons. The van der Waals surface area contributed by atoms with Gasteiger partial charge in [-0.1, -0.05) is 0 Å². The third-order valence-electron chi connectivity index (χ3n) is 2.63. The summed E-state index contributed by atoms with van der Waals surface area (Å²) in [6.07, 6.45) is 1.94. The number of hydrogen-bond acceptors (Lipinski definition) is 5. The molecule has 2 heterocycles. The molecular weight excluding hydrogens is 210 g/mol. The van der Waals surface area contributed by atoms with E-state index in [2.05, 4.69) is 15.3 Å². The number of nitrogens with two attached hydrogens (primary N) is 1. The lowest BCUT2D eigenvalue weighted by atomic mass is 10.2. The Kier molecular flexibility index (Phi) is 2.51. The molecule has 1 aliphatic rings. The van der Waals surface area contributed by atoms with Gasteiger partial charge < -0.3 is 20.9 Å². The first kappa shape index (κ1) is 10.5. The molecule has 16 heavy (non-hydrogen) atoms. The summed E-state index contributed by atoms with van der Waals surface area (Å²) in [7, 11) is 1.73. The average Bonchev–Trinajstić information content (AvgIpc) is 2.57. The molecule has 7 nitrogen and oxygen atoms in total. The van der Waals surface area contributed by atoms with E-state index in [0.29, 0.717) is 13.0 Å². The summed E-state index contributed by atoms with van der Waals surface area (Å²) in [5.41, 5.74) is 5.15. The van der Waals surface area contributed by atoms with Crippen molar-refractivity contribution < 1.29 is 4.79 Å². The largest absolute Gasteiger partial charge is 0.391 e. The predicted octanol–water partition coefficient (Wildman–Crippen LogP) is -1.01. The molecular formula is C9H13N5O2. The van der Waals surface area contributed by atoms with Gasteiger partial charge in [-0.3, -0.25) is 9.59 Å². The van der Waals surface area contributed by atoms with Crippen LogP contribution in [-0.2, 0) is 4.79 Å². The fraction of sp³-hybridized carbons (Fsp3) is 0.444. The first-order chi connectivity index (χ1) is 7.59. The number of amides is 1. The number of anilines is 2. The minimum absolute atomic E-state index is 0.00449. The summed E-state index contributed by atoms with van der Waals surface area (Å²) in [4.78, 5) is 30.7. The van der Waals surface area contributed by atoms with E-state index in [1.165, 1.54) is 6.33 Å². The van der Waals surface area contributed by atoms with Crippen LogP contribution in [0.25, 0.3) is 0 Å². The number of likely N-dealkylation sites (tertiary alicyclic amines) is 1. The number of likely N-dealkylation sites (N-methyl/N-ethyl adjacent to an activating group) is 1. The molecule has 1 amide bonds. The van der Waals surface area contributed by atoms with Gasteiger partial charge in [0, 0.05) is 13.6 Å². The molecule has 1 aliphatic heterocycles. The van der Waals surface area contributed by atoms with Crippen molar-refractivity contribution >= 4 is 17.4 Å². The van der Waals surface area contributed by atoms with Gasteiger partial charge in [-0.2, -0.15) is 0 Å². The zero-order chi connectivity index (χ0) is 11.7. The molecule has 1 aromatic rings. The van der Waals surface area contributed by atoms with Crippen LogP contribution in [-0.4, -0.2) is 40.4 Å². The highest BCUT2D eigenvalue weighted by Crippen LogP contribution is 2.16. The molecule has 1 atom stereocenters. The highest BCUT2D eigenvalue weighted by molar-refractivity contribution is 5.86. The van der Waals surface area contributed by atoms with E-state index in [4.69, 9.17) is 5.73 Å². The molecule has 4 N–H and O–H groups in total. The fourth-order valence-corrected chi connectivity index (χ4v) is 1.65. The van der Waals surface area contributed by atoms with Crippen LogP contribution < -0.4 is 16.6 Å². The van der Waals surface area contributed by atoms with Crippen LogP contribution in [0.1, 0.15) is 6.42 Å². The molecule has 0 aliphatic carbocycles. The summed E-state index contributed by atoms with van der Waals surface area (Å²) < 4.78 is 0. The van der Waals surface area contributed by atoms with Gasteiger partial charge >= 0.3 is 0 Å².